The van der Waals surface area contributed by atoms with Crippen LogP contribution < -0.4 is 5.32 Å². The molecule has 2 aromatic rings. The predicted octanol–water partition coefficient (Wildman–Crippen LogP) is 3.39. The number of hydrogen-bond acceptors (Lipinski definition) is 4. The average molecular weight is 264 g/mol. The summed E-state index contributed by atoms with van der Waals surface area (Å²) in [6, 6.07) is 9.03. The van der Waals surface area contributed by atoms with Gasteiger partial charge in [0, 0.05) is 11.8 Å². The van der Waals surface area contributed by atoms with Crippen molar-refractivity contribution in [3.8, 4) is 0 Å². The molecule has 0 spiro atoms. The van der Waals surface area contributed by atoms with Crippen molar-refractivity contribution in [1.29, 1.82) is 0 Å². The molecule has 1 aliphatic carbocycles. The first-order chi connectivity index (χ1) is 8.36. The fourth-order valence-electron chi connectivity index (χ4n) is 2.03. The van der Waals surface area contributed by atoms with E-state index in [2.05, 4.69) is 41.6 Å². The Labute approximate surface area is 110 Å². The zero-order valence-electron chi connectivity index (χ0n) is 9.85. The smallest absolute Gasteiger partial charge is 0.151 e. The Morgan fingerprint density at radius 2 is 2.29 bits per heavy atom. The van der Waals surface area contributed by atoms with E-state index in [0.29, 0.717) is 6.04 Å². The van der Waals surface area contributed by atoms with Gasteiger partial charge in [-0.25, -0.2) is 4.98 Å². The molecule has 1 unspecified atom stereocenters. The molecule has 1 aromatic heterocycles. The summed E-state index contributed by atoms with van der Waals surface area (Å²) in [4.78, 5) is 4.65. The fraction of sp³-hybridized carbons (Fsp3) is 0.462. The van der Waals surface area contributed by atoms with Gasteiger partial charge >= 0.3 is 0 Å². The van der Waals surface area contributed by atoms with E-state index in [-0.39, 0.29) is 0 Å². The number of fused-ring (bicyclic) bond motifs is 1. The van der Waals surface area contributed by atoms with Crippen LogP contribution in [0.15, 0.2) is 28.6 Å². The zero-order chi connectivity index (χ0) is 11.7. The first-order valence-corrected chi connectivity index (χ1v) is 7.82. The molecule has 1 aromatic carbocycles. The molecule has 2 nitrogen and oxygen atoms in total. The summed E-state index contributed by atoms with van der Waals surface area (Å²) < 4.78 is 2.49. The number of aromatic nitrogens is 1. The number of rotatable bonds is 5. The van der Waals surface area contributed by atoms with Crippen molar-refractivity contribution in [3.05, 3.63) is 24.3 Å². The van der Waals surface area contributed by atoms with Crippen molar-refractivity contribution in [1.82, 2.24) is 10.3 Å². The second kappa shape index (κ2) is 4.96. The highest BCUT2D eigenvalue weighted by Crippen LogP contribution is 2.36. The number of nitrogens with zero attached hydrogens (tertiary/aromatic N) is 1. The molecule has 0 bridgehead atoms. The fourth-order valence-corrected chi connectivity index (χ4v) is 4.36. The lowest BCUT2D eigenvalue weighted by Gasteiger charge is -2.13. The van der Waals surface area contributed by atoms with Crippen LogP contribution in [-0.4, -0.2) is 23.8 Å². The van der Waals surface area contributed by atoms with Gasteiger partial charge in [0.1, 0.15) is 0 Å². The van der Waals surface area contributed by atoms with Crippen molar-refractivity contribution < 1.29 is 0 Å². The number of thioether (sulfide) groups is 1. The van der Waals surface area contributed by atoms with E-state index in [1.807, 2.05) is 11.8 Å². The van der Waals surface area contributed by atoms with Gasteiger partial charge in [0.2, 0.25) is 0 Å². The zero-order valence-corrected chi connectivity index (χ0v) is 11.5. The molecule has 1 N–H and O–H groups in total. The van der Waals surface area contributed by atoms with E-state index >= 15 is 0 Å². The maximum Gasteiger partial charge on any atom is 0.151 e. The monoisotopic (exact) mass is 264 g/mol. The third kappa shape index (κ3) is 2.64. The molecule has 0 amide bonds. The van der Waals surface area contributed by atoms with Crippen molar-refractivity contribution in [3.63, 3.8) is 0 Å². The Hall–Kier alpha value is -0.580. The Kier molecular flexibility index (Phi) is 3.36. The van der Waals surface area contributed by atoms with E-state index in [9.17, 15) is 0 Å². The van der Waals surface area contributed by atoms with E-state index in [1.165, 1.54) is 21.9 Å². The van der Waals surface area contributed by atoms with Crippen LogP contribution in [0.2, 0.25) is 0 Å². The maximum atomic E-state index is 4.65. The molecule has 0 saturated heterocycles. The van der Waals surface area contributed by atoms with Gasteiger partial charge in [-0.1, -0.05) is 23.9 Å². The number of para-hydroxylation sites is 1. The average Bonchev–Trinajstić information content (AvgIpc) is 3.09. The molecule has 17 heavy (non-hydrogen) atoms. The molecule has 1 saturated carbocycles. The Balaban J connectivity index is 1.67. The van der Waals surface area contributed by atoms with Crippen molar-refractivity contribution in [2.45, 2.75) is 23.2 Å². The second-order valence-electron chi connectivity index (χ2n) is 4.49. The number of benzene rings is 1. The van der Waals surface area contributed by atoms with Gasteiger partial charge in [-0.3, -0.25) is 0 Å². The van der Waals surface area contributed by atoms with Crippen LogP contribution >= 0.6 is 23.1 Å². The highest BCUT2D eigenvalue weighted by atomic mass is 32.2. The van der Waals surface area contributed by atoms with E-state index < -0.39 is 0 Å². The Bertz CT molecular complexity index is 472. The normalized spacial score (nSPS) is 17.5. The minimum Gasteiger partial charge on any atom is -0.316 e. The van der Waals surface area contributed by atoms with E-state index in [0.717, 1.165) is 17.2 Å². The Morgan fingerprint density at radius 3 is 3.00 bits per heavy atom. The summed E-state index contributed by atoms with van der Waals surface area (Å²) in [6.07, 6.45) is 2.79. The third-order valence-corrected chi connectivity index (χ3v) is 5.52. The molecule has 0 radical (unpaired) electrons. The van der Waals surface area contributed by atoms with Gasteiger partial charge in [0.15, 0.2) is 4.34 Å². The second-order valence-corrected chi connectivity index (χ2v) is 6.79. The highest BCUT2D eigenvalue weighted by molar-refractivity contribution is 8.01. The highest BCUT2D eigenvalue weighted by Gasteiger charge is 2.30. The number of thiazole rings is 1. The molecule has 1 heterocycles. The molecule has 3 rings (SSSR count). The minimum atomic E-state index is 0.659. The summed E-state index contributed by atoms with van der Waals surface area (Å²) in [5, 5.41) is 3.42. The van der Waals surface area contributed by atoms with Gasteiger partial charge < -0.3 is 5.32 Å². The van der Waals surface area contributed by atoms with E-state index in [4.69, 9.17) is 0 Å². The standard InChI is InChI=1S/C13H16N2S2/c1-14-11(9-6-7-9)8-16-13-15-10-4-2-3-5-12(10)17-13/h2-5,9,11,14H,6-8H2,1H3. The molecule has 1 fully saturated rings. The number of nitrogens with one attached hydrogen (secondary N) is 1. The molecule has 0 aliphatic heterocycles. The first kappa shape index (κ1) is 11.5. The predicted molar refractivity (Wildman–Crippen MR) is 75.9 cm³/mol. The number of hydrogen-bond donors (Lipinski definition) is 1. The summed E-state index contributed by atoms with van der Waals surface area (Å²) in [7, 11) is 2.07. The summed E-state index contributed by atoms with van der Waals surface area (Å²) >= 11 is 3.70. The summed E-state index contributed by atoms with van der Waals surface area (Å²) in [6.45, 7) is 0. The van der Waals surface area contributed by atoms with Gasteiger partial charge in [0.05, 0.1) is 10.2 Å². The molecular weight excluding hydrogens is 248 g/mol. The Morgan fingerprint density at radius 1 is 1.47 bits per heavy atom. The molecular formula is C13H16N2S2. The SMILES string of the molecule is CNC(CSc1nc2ccccc2s1)C1CC1. The van der Waals surface area contributed by atoms with Crippen molar-refractivity contribution in [2.75, 3.05) is 12.8 Å². The van der Waals surface area contributed by atoms with Crippen LogP contribution in [0.5, 0.6) is 0 Å². The van der Waals surface area contributed by atoms with Crippen LogP contribution in [0, 0.1) is 5.92 Å². The maximum absolute atomic E-state index is 4.65. The van der Waals surface area contributed by atoms with Crippen LogP contribution in [0.1, 0.15) is 12.8 Å². The van der Waals surface area contributed by atoms with Crippen molar-refractivity contribution in [2.24, 2.45) is 5.92 Å². The first-order valence-electron chi connectivity index (χ1n) is 6.02. The molecule has 4 heteroatoms. The topological polar surface area (TPSA) is 24.9 Å². The van der Waals surface area contributed by atoms with Gasteiger partial charge in [-0.2, -0.15) is 0 Å². The summed E-state index contributed by atoms with van der Waals surface area (Å²) in [5.41, 5.74) is 1.13. The quantitative estimate of drug-likeness (QED) is 0.838. The van der Waals surface area contributed by atoms with Crippen LogP contribution in [0.4, 0.5) is 0 Å². The van der Waals surface area contributed by atoms with E-state index in [1.54, 1.807) is 11.3 Å². The van der Waals surface area contributed by atoms with Crippen LogP contribution in [0.3, 0.4) is 0 Å². The minimum absolute atomic E-state index is 0.659. The third-order valence-electron chi connectivity index (χ3n) is 3.22. The van der Waals surface area contributed by atoms with Gasteiger partial charge in [-0.15, -0.1) is 11.3 Å². The lowest BCUT2D eigenvalue weighted by molar-refractivity contribution is 0.554. The molecule has 1 atom stereocenters. The largest absolute Gasteiger partial charge is 0.316 e. The van der Waals surface area contributed by atoms with Crippen LogP contribution in [-0.2, 0) is 0 Å². The molecule has 90 valence electrons. The lowest BCUT2D eigenvalue weighted by Crippen LogP contribution is -2.29. The van der Waals surface area contributed by atoms with Gasteiger partial charge in [0.25, 0.3) is 0 Å². The van der Waals surface area contributed by atoms with Gasteiger partial charge in [-0.05, 0) is 37.9 Å². The lowest BCUT2D eigenvalue weighted by atomic mass is 10.2. The van der Waals surface area contributed by atoms with Crippen LogP contribution in [0.25, 0.3) is 10.2 Å². The summed E-state index contributed by atoms with van der Waals surface area (Å²) in [5.74, 6) is 2.04. The van der Waals surface area contributed by atoms with Crippen molar-refractivity contribution >= 4 is 33.3 Å². The molecule has 1 aliphatic rings.